The van der Waals surface area contributed by atoms with E-state index in [9.17, 15) is 9.59 Å². The summed E-state index contributed by atoms with van der Waals surface area (Å²) in [5.41, 5.74) is 2.80. The number of thiophene rings is 1. The summed E-state index contributed by atoms with van der Waals surface area (Å²) in [7, 11) is 0. The van der Waals surface area contributed by atoms with Crippen molar-refractivity contribution in [3.8, 4) is 6.07 Å². The minimum atomic E-state index is -0.646. The lowest BCUT2D eigenvalue weighted by Crippen LogP contribution is -2.44. The van der Waals surface area contributed by atoms with Gasteiger partial charge in [-0.15, -0.1) is 11.3 Å². The molecular formula is C28H30ClN5O2S. The minimum Gasteiger partial charge on any atom is -0.376 e. The highest BCUT2D eigenvalue weighted by Gasteiger charge is 2.28. The first-order valence-electron chi connectivity index (χ1n) is 12.4. The van der Waals surface area contributed by atoms with E-state index in [1.807, 2.05) is 26.0 Å². The number of nitrogens with zero attached hydrogens (tertiary/aromatic N) is 2. The molecule has 1 aliphatic carbocycles. The Morgan fingerprint density at radius 3 is 2.62 bits per heavy atom. The summed E-state index contributed by atoms with van der Waals surface area (Å²) in [6, 6.07) is 13.6. The van der Waals surface area contributed by atoms with E-state index in [-0.39, 0.29) is 17.9 Å². The first-order chi connectivity index (χ1) is 17.8. The lowest BCUT2D eigenvalue weighted by Gasteiger charge is -2.21. The van der Waals surface area contributed by atoms with E-state index in [0.29, 0.717) is 33.5 Å². The second kappa shape index (κ2) is 12.2. The maximum atomic E-state index is 13.2. The van der Waals surface area contributed by atoms with E-state index in [2.05, 4.69) is 27.0 Å². The standard InChI is InChI=1S/C28H30ClN5O2S/c1-17-23(14-21(29)16-31-17)32-18(2)25-11-12-26(37-25)28(36)34-24(13-19-5-3-4-6-19)27(35)33-22-9-7-20(15-30)8-10-22/h7-12,14,16,18-19,24,32H,3-6,13H2,1-2H3,(H,33,35)(H,34,36). The van der Waals surface area contributed by atoms with Crippen LogP contribution in [0.25, 0.3) is 0 Å². The van der Waals surface area contributed by atoms with Crippen LogP contribution in [0, 0.1) is 24.2 Å². The molecule has 1 saturated carbocycles. The van der Waals surface area contributed by atoms with Crippen molar-refractivity contribution in [1.29, 1.82) is 5.26 Å². The number of carbonyl (C=O) groups is 2. The number of carbonyl (C=O) groups excluding carboxylic acids is 2. The molecule has 2 aromatic heterocycles. The van der Waals surface area contributed by atoms with Crippen molar-refractivity contribution in [1.82, 2.24) is 10.3 Å². The van der Waals surface area contributed by atoms with Crippen molar-refractivity contribution in [2.24, 2.45) is 5.92 Å². The van der Waals surface area contributed by atoms with Gasteiger partial charge in [-0.05, 0) is 68.7 Å². The summed E-state index contributed by atoms with van der Waals surface area (Å²) >= 11 is 7.49. The van der Waals surface area contributed by atoms with Gasteiger partial charge in [0.25, 0.3) is 5.91 Å². The van der Waals surface area contributed by atoms with Gasteiger partial charge in [0.15, 0.2) is 0 Å². The molecule has 3 aromatic rings. The Hall–Kier alpha value is -3.41. The van der Waals surface area contributed by atoms with Crippen LogP contribution in [0.2, 0.25) is 5.02 Å². The highest BCUT2D eigenvalue weighted by Crippen LogP contribution is 2.30. The second-order valence-corrected chi connectivity index (χ2v) is 11.0. The number of anilines is 2. The maximum Gasteiger partial charge on any atom is 0.262 e. The van der Waals surface area contributed by atoms with E-state index in [1.54, 1.807) is 36.5 Å². The molecule has 0 bridgehead atoms. The molecule has 0 aliphatic heterocycles. The highest BCUT2D eigenvalue weighted by molar-refractivity contribution is 7.14. The third-order valence-corrected chi connectivity index (χ3v) is 8.12. The molecule has 1 aromatic carbocycles. The van der Waals surface area contributed by atoms with Crippen LogP contribution in [0.15, 0.2) is 48.7 Å². The molecule has 7 nitrogen and oxygen atoms in total. The monoisotopic (exact) mass is 535 g/mol. The van der Waals surface area contributed by atoms with Crippen LogP contribution in [0.5, 0.6) is 0 Å². The molecule has 37 heavy (non-hydrogen) atoms. The summed E-state index contributed by atoms with van der Waals surface area (Å²) in [5, 5.41) is 18.8. The van der Waals surface area contributed by atoms with E-state index < -0.39 is 6.04 Å². The number of nitriles is 1. The zero-order valence-electron chi connectivity index (χ0n) is 20.9. The van der Waals surface area contributed by atoms with E-state index in [4.69, 9.17) is 16.9 Å². The smallest absolute Gasteiger partial charge is 0.262 e. The SMILES string of the molecule is Cc1ncc(Cl)cc1NC(C)c1ccc(C(=O)NC(CC2CCCC2)C(=O)Nc2ccc(C#N)cc2)s1. The van der Waals surface area contributed by atoms with E-state index >= 15 is 0 Å². The third kappa shape index (κ3) is 7.09. The average molecular weight is 536 g/mol. The molecule has 0 saturated heterocycles. The highest BCUT2D eigenvalue weighted by atomic mass is 35.5. The molecule has 1 fully saturated rings. The zero-order valence-corrected chi connectivity index (χ0v) is 22.5. The fourth-order valence-electron chi connectivity index (χ4n) is 4.56. The first kappa shape index (κ1) is 26.6. The Morgan fingerprint density at radius 1 is 1.19 bits per heavy atom. The Morgan fingerprint density at radius 2 is 1.92 bits per heavy atom. The fourth-order valence-corrected chi connectivity index (χ4v) is 5.63. The van der Waals surface area contributed by atoms with Crippen molar-refractivity contribution < 1.29 is 9.59 Å². The molecule has 2 unspecified atom stereocenters. The maximum absolute atomic E-state index is 13.2. The number of rotatable bonds is 9. The van der Waals surface area contributed by atoms with Crippen molar-refractivity contribution >= 4 is 46.1 Å². The van der Waals surface area contributed by atoms with Crippen LogP contribution in [0.4, 0.5) is 11.4 Å². The second-order valence-electron chi connectivity index (χ2n) is 9.45. The van der Waals surface area contributed by atoms with Crippen LogP contribution >= 0.6 is 22.9 Å². The lowest BCUT2D eigenvalue weighted by molar-refractivity contribution is -0.118. The van der Waals surface area contributed by atoms with Gasteiger partial charge in [0.2, 0.25) is 5.91 Å². The topological polar surface area (TPSA) is 107 Å². The Kier molecular flexibility index (Phi) is 8.80. The van der Waals surface area contributed by atoms with Crippen molar-refractivity contribution in [3.63, 3.8) is 0 Å². The average Bonchev–Trinajstić information content (AvgIpc) is 3.59. The summed E-state index contributed by atoms with van der Waals surface area (Å²) in [5.74, 6) is -0.0996. The summed E-state index contributed by atoms with van der Waals surface area (Å²) in [6.07, 6.45) is 6.67. The van der Waals surface area contributed by atoms with Gasteiger partial charge in [-0.1, -0.05) is 37.3 Å². The third-order valence-electron chi connectivity index (χ3n) is 6.65. The van der Waals surface area contributed by atoms with Gasteiger partial charge in [0.05, 0.1) is 39.0 Å². The molecule has 9 heteroatoms. The van der Waals surface area contributed by atoms with Gasteiger partial charge < -0.3 is 16.0 Å². The predicted octanol–water partition coefficient (Wildman–Crippen LogP) is 6.47. The molecule has 2 heterocycles. The number of nitrogens with one attached hydrogen (secondary N) is 3. The van der Waals surface area contributed by atoms with Gasteiger partial charge in [0, 0.05) is 16.8 Å². The molecule has 0 spiro atoms. The van der Waals surface area contributed by atoms with E-state index in [1.165, 1.54) is 11.3 Å². The number of hydrogen-bond acceptors (Lipinski definition) is 6. The molecular weight excluding hydrogens is 506 g/mol. The molecule has 3 N–H and O–H groups in total. The van der Waals surface area contributed by atoms with Gasteiger partial charge >= 0.3 is 0 Å². The Labute approximate surface area is 226 Å². The molecule has 4 rings (SSSR count). The van der Waals surface area contributed by atoms with Gasteiger partial charge in [-0.3, -0.25) is 14.6 Å². The van der Waals surface area contributed by atoms with Crippen LogP contribution in [-0.4, -0.2) is 22.8 Å². The molecule has 0 radical (unpaired) electrons. The number of hydrogen-bond donors (Lipinski definition) is 3. The zero-order chi connectivity index (χ0) is 26.4. The van der Waals surface area contributed by atoms with Crippen LogP contribution in [0.1, 0.15) is 70.9 Å². The van der Waals surface area contributed by atoms with Crippen LogP contribution in [-0.2, 0) is 4.79 Å². The lowest BCUT2D eigenvalue weighted by atomic mass is 9.97. The Bertz CT molecular complexity index is 1290. The first-order valence-corrected chi connectivity index (χ1v) is 13.6. The fraction of sp³-hybridized carbons (Fsp3) is 0.357. The van der Waals surface area contributed by atoms with Crippen molar-refractivity contribution in [2.45, 2.75) is 58.0 Å². The molecule has 192 valence electrons. The van der Waals surface area contributed by atoms with Gasteiger partial charge in [0.1, 0.15) is 6.04 Å². The number of amides is 2. The van der Waals surface area contributed by atoms with Crippen LogP contribution in [0.3, 0.4) is 0 Å². The number of aryl methyl sites for hydroxylation is 1. The van der Waals surface area contributed by atoms with E-state index in [0.717, 1.165) is 41.9 Å². The number of halogens is 1. The molecule has 2 amide bonds. The number of aromatic nitrogens is 1. The number of benzene rings is 1. The summed E-state index contributed by atoms with van der Waals surface area (Å²) in [4.78, 5) is 32.2. The largest absolute Gasteiger partial charge is 0.376 e. The van der Waals surface area contributed by atoms with Crippen LogP contribution < -0.4 is 16.0 Å². The quantitative estimate of drug-likeness (QED) is 0.291. The van der Waals surface area contributed by atoms with Crippen molar-refractivity contribution in [3.05, 3.63) is 74.7 Å². The van der Waals surface area contributed by atoms with Gasteiger partial charge in [-0.2, -0.15) is 5.26 Å². The normalized spacial score (nSPS) is 15.0. The summed E-state index contributed by atoms with van der Waals surface area (Å²) in [6.45, 7) is 3.92. The van der Waals surface area contributed by atoms with Gasteiger partial charge in [-0.25, -0.2) is 0 Å². The summed E-state index contributed by atoms with van der Waals surface area (Å²) < 4.78 is 0. The Balaban J connectivity index is 1.43. The minimum absolute atomic E-state index is 0.0560. The molecule has 1 aliphatic rings. The number of pyridine rings is 1. The van der Waals surface area contributed by atoms with Crippen molar-refractivity contribution in [2.75, 3.05) is 10.6 Å². The predicted molar refractivity (Wildman–Crippen MR) is 148 cm³/mol. The molecule has 2 atom stereocenters.